The van der Waals surface area contributed by atoms with Gasteiger partial charge < -0.3 is 5.32 Å². The van der Waals surface area contributed by atoms with Crippen molar-refractivity contribution in [1.82, 2.24) is 5.32 Å². The molecule has 3 unspecified atom stereocenters. The Morgan fingerprint density at radius 1 is 1.13 bits per heavy atom. The summed E-state index contributed by atoms with van der Waals surface area (Å²) < 4.78 is 0. The number of hydrogen-bond donors (Lipinski definition) is 1. The third-order valence-corrected chi connectivity index (χ3v) is 4.44. The first-order chi connectivity index (χ1) is 7.33. The fourth-order valence-corrected chi connectivity index (χ4v) is 3.31. The molecule has 0 spiro atoms. The van der Waals surface area contributed by atoms with Crippen LogP contribution in [-0.2, 0) is 4.79 Å². The monoisotopic (exact) mass is 207 g/mol. The average Bonchev–Trinajstić information content (AvgIpc) is 2.95. The van der Waals surface area contributed by atoms with Gasteiger partial charge in [0.25, 0.3) is 0 Å². The summed E-state index contributed by atoms with van der Waals surface area (Å²) in [5.74, 6) is 2.07. The van der Waals surface area contributed by atoms with Crippen LogP contribution < -0.4 is 5.32 Å². The number of carbonyl (C=O) groups is 1. The number of carbonyl (C=O) groups excluding carboxylic acids is 1. The Morgan fingerprint density at radius 2 is 1.93 bits per heavy atom. The summed E-state index contributed by atoms with van der Waals surface area (Å²) >= 11 is 0. The highest BCUT2D eigenvalue weighted by molar-refractivity contribution is 5.84. The Kier molecular flexibility index (Phi) is 2.55. The minimum Gasteiger partial charge on any atom is -0.304 e. The molecule has 0 aromatic heterocycles. The third-order valence-electron chi connectivity index (χ3n) is 4.44. The summed E-state index contributed by atoms with van der Waals surface area (Å²) in [4.78, 5) is 12.0. The molecular formula is C13H21NO. The molecule has 1 saturated heterocycles. The summed E-state index contributed by atoms with van der Waals surface area (Å²) in [6.07, 6.45) is 9.98. The number of Topliss-reactive ketones (excluding diaryl/α,β-unsaturated/α-hetero) is 1. The smallest absolute Gasteiger partial charge is 0.150 e. The molecule has 2 heteroatoms. The van der Waals surface area contributed by atoms with Crippen molar-refractivity contribution in [2.24, 2.45) is 11.8 Å². The molecule has 3 atom stereocenters. The SMILES string of the molecule is O=C(CC1CC1)C1CC2CCCCC2N1. The lowest BCUT2D eigenvalue weighted by atomic mass is 9.84. The van der Waals surface area contributed by atoms with Crippen LogP contribution in [0, 0.1) is 11.8 Å². The zero-order valence-electron chi connectivity index (χ0n) is 9.37. The van der Waals surface area contributed by atoms with E-state index < -0.39 is 0 Å². The molecule has 3 fully saturated rings. The number of fused-ring (bicyclic) bond motifs is 1. The molecule has 3 aliphatic rings. The zero-order valence-corrected chi connectivity index (χ0v) is 9.37. The molecule has 0 bridgehead atoms. The first kappa shape index (κ1) is 9.83. The third kappa shape index (κ3) is 2.10. The van der Waals surface area contributed by atoms with E-state index in [0.717, 1.165) is 24.7 Å². The largest absolute Gasteiger partial charge is 0.304 e. The number of nitrogens with one attached hydrogen (secondary N) is 1. The van der Waals surface area contributed by atoms with E-state index in [2.05, 4.69) is 5.32 Å². The van der Waals surface area contributed by atoms with Crippen molar-refractivity contribution in [3.63, 3.8) is 0 Å². The molecular weight excluding hydrogens is 186 g/mol. The van der Waals surface area contributed by atoms with Gasteiger partial charge in [0.15, 0.2) is 0 Å². The van der Waals surface area contributed by atoms with Crippen LogP contribution in [0.15, 0.2) is 0 Å². The van der Waals surface area contributed by atoms with Crippen LogP contribution in [0.2, 0.25) is 0 Å². The predicted octanol–water partition coefficient (Wildman–Crippen LogP) is 2.28. The van der Waals surface area contributed by atoms with E-state index in [9.17, 15) is 4.79 Å². The Labute approximate surface area is 91.8 Å². The van der Waals surface area contributed by atoms with E-state index in [1.165, 1.54) is 38.5 Å². The molecule has 2 aliphatic carbocycles. The normalized spacial score (nSPS) is 40.1. The molecule has 0 radical (unpaired) electrons. The molecule has 15 heavy (non-hydrogen) atoms. The number of ketones is 1. The van der Waals surface area contributed by atoms with Crippen molar-refractivity contribution in [2.45, 2.75) is 63.5 Å². The van der Waals surface area contributed by atoms with Gasteiger partial charge in [-0.05, 0) is 43.9 Å². The fraction of sp³-hybridized carbons (Fsp3) is 0.923. The maximum absolute atomic E-state index is 12.0. The van der Waals surface area contributed by atoms with Crippen LogP contribution in [0.4, 0.5) is 0 Å². The van der Waals surface area contributed by atoms with Crippen molar-refractivity contribution < 1.29 is 4.79 Å². The maximum atomic E-state index is 12.0. The fourth-order valence-electron chi connectivity index (χ4n) is 3.31. The van der Waals surface area contributed by atoms with Gasteiger partial charge in [-0.2, -0.15) is 0 Å². The van der Waals surface area contributed by atoms with Gasteiger partial charge in [0.2, 0.25) is 0 Å². The summed E-state index contributed by atoms with van der Waals surface area (Å²) in [7, 11) is 0. The lowest BCUT2D eigenvalue weighted by Crippen LogP contribution is -2.37. The molecule has 2 saturated carbocycles. The van der Waals surface area contributed by atoms with Crippen molar-refractivity contribution in [2.75, 3.05) is 0 Å². The molecule has 1 heterocycles. The molecule has 0 amide bonds. The van der Waals surface area contributed by atoms with E-state index in [4.69, 9.17) is 0 Å². The van der Waals surface area contributed by atoms with Crippen LogP contribution in [0.1, 0.15) is 51.4 Å². The molecule has 0 aromatic carbocycles. The highest BCUT2D eigenvalue weighted by atomic mass is 16.1. The second kappa shape index (κ2) is 3.89. The number of hydrogen-bond acceptors (Lipinski definition) is 2. The van der Waals surface area contributed by atoms with E-state index >= 15 is 0 Å². The van der Waals surface area contributed by atoms with E-state index in [1.54, 1.807) is 0 Å². The van der Waals surface area contributed by atoms with Gasteiger partial charge in [-0.25, -0.2) is 0 Å². The van der Waals surface area contributed by atoms with Gasteiger partial charge in [-0.1, -0.05) is 12.8 Å². The Balaban J connectivity index is 1.56. The lowest BCUT2D eigenvalue weighted by Gasteiger charge is -2.24. The topological polar surface area (TPSA) is 29.1 Å². The summed E-state index contributed by atoms with van der Waals surface area (Å²) in [5, 5.41) is 3.58. The van der Waals surface area contributed by atoms with Crippen LogP contribution in [-0.4, -0.2) is 17.9 Å². The van der Waals surface area contributed by atoms with Gasteiger partial charge in [0, 0.05) is 12.5 Å². The quantitative estimate of drug-likeness (QED) is 0.769. The van der Waals surface area contributed by atoms with E-state index in [1.807, 2.05) is 0 Å². The van der Waals surface area contributed by atoms with Gasteiger partial charge >= 0.3 is 0 Å². The minimum atomic E-state index is 0.221. The molecule has 84 valence electrons. The molecule has 1 N–H and O–H groups in total. The average molecular weight is 207 g/mol. The van der Waals surface area contributed by atoms with Crippen LogP contribution in [0.3, 0.4) is 0 Å². The van der Waals surface area contributed by atoms with Crippen molar-refractivity contribution in [3.05, 3.63) is 0 Å². The second-order valence-electron chi connectivity index (χ2n) is 5.72. The summed E-state index contributed by atoms with van der Waals surface area (Å²) in [6, 6.07) is 0.894. The molecule has 3 rings (SSSR count). The van der Waals surface area contributed by atoms with Crippen molar-refractivity contribution in [3.8, 4) is 0 Å². The van der Waals surface area contributed by atoms with Gasteiger partial charge in [-0.3, -0.25) is 4.79 Å². The molecule has 0 aromatic rings. The Morgan fingerprint density at radius 3 is 2.67 bits per heavy atom. The van der Waals surface area contributed by atoms with Gasteiger partial charge in [0.1, 0.15) is 5.78 Å². The minimum absolute atomic E-state index is 0.221. The zero-order chi connectivity index (χ0) is 10.3. The highest BCUT2D eigenvalue weighted by Crippen LogP contribution is 2.37. The Bertz CT molecular complexity index is 245. The molecule has 2 nitrogen and oxygen atoms in total. The Hall–Kier alpha value is -0.370. The van der Waals surface area contributed by atoms with Crippen LogP contribution in [0.25, 0.3) is 0 Å². The van der Waals surface area contributed by atoms with Gasteiger partial charge in [-0.15, -0.1) is 0 Å². The highest BCUT2D eigenvalue weighted by Gasteiger charge is 2.39. The standard InChI is InChI=1S/C13H21NO/c15-13(7-9-5-6-9)12-8-10-3-1-2-4-11(10)14-12/h9-12,14H,1-8H2. The summed E-state index contributed by atoms with van der Waals surface area (Å²) in [5.41, 5.74) is 0. The second-order valence-corrected chi connectivity index (χ2v) is 5.72. The molecule has 1 aliphatic heterocycles. The number of rotatable bonds is 3. The van der Waals surface area contributed by atoms with Crippen molar-refractivity contribution in [1.29, 1.82) is 0 Å². The predicted molar refractivity (Wildman–Crippen MR) is 59.6 cm³/mol. The van der Waals surface area contributed by atoms with Crippen LogP contribution >= 0.6 is 0 Å². The van der Waals surface area contributed by atoms with Crippen LogP contribution in [0.5, 0.6) is 0 Å². The van der Waals surface area contributed by atoms with Gasteiger partial charge in [0.05, 0.1) is 6.04 Å². The van der Waals surface area contributed by atoms with Crippen molar-refractivity contribution >= 4 is 5.78 Å². The summed E-state index contributed by atoms with van der Waals surface area (Å²) in [6.45, 7) is 0. The van der Waals surface area contributed by atoms with E-state index in [-0.39, 0.29) is 6.04 Å². The first-order valence-corrected chi connectivity index (χ1v) is 6.61. The van der Waals surface area contributed by atoms with E-state index in [0.29, 0.717) is 11.8 Å². The maximum Gasteiger partial charge on any atom is 0.150 e. The lowest BCUT2D eigenvalue weighted by molar-refractivity contribution is -0.121. The first-order valence-electron chi connectivity index (χ1n) is 6.61.